The molecule has 26 heavy (non-hydrogen) atoms. The molecule has 1 aromatic carbocycles. The molecule has 1 saturated heterocycles. The number of rotatable bonds is 7. The Morgan fingerprint density at radius 1 is 1.27 bits per heavy atom. The second-order valence-electron chi connectivity index (χ2n) is 6.38. The first kappa shape index (κ1) is 20.2. The van der Waals surface area contributed by atoms with Gasteiger partial charge in [0.1, 0.15) is 0 Å². The topological polar surface area (TPSA) is 114 Å². The van der Waals surface area contributed by atoms with Crippen molar-refractivity contribution in [3.8, 4) is 0 Å². The molecule has 0 spiro atoms. The van der Waals surface area contributed by atoms with E-state index in [2.05, 4.69) is 16.0 Å². The summed E-state index contributed by atoms with van der Waals surface area (Å²) in [4.78, 5) is 24.0. The van der Waals surface area contributed by atoms with E-state index in [1.165, 1.54) is 0 Å². The molecular weight excluding hydrogens is 358 g/mol. The van der Waals surface area contributed by atoms with Gasteiger partial charge < -0.3 is 20.7 Å². The number of benzene rings is 1. The lowest BCUT2D eigenvalue weighted by atomic mass is 10.1. The lowest BCUT2D eigenvalue weighted by Crippen LogP contribution is -2.33. The Kier molecular flexibility index (Phi) is 6.98. The van der Waals surface area contributed by atoms with Crippen molar-refractivity contribution in [2.75, 3.05) is 43.6 Å². The van der Waals surface area contributed by atoms with Crippen LogP contribution in [-0.4, -0.2) is 58.7 Å². The van der Waals surface area contributed by atoms with Gasteiger partial charge in [0.05, 0.1) is 18.1 Å². The highest BCUT2D eigenvalue weighted by atomic mass is 32.2. The summed E-state index contributed by atoms with van der Waals surface area (Å²) in [6, 6.07) is 4.60. The van der Waals surface area contributed by atoms with Crippen molar-refractivity contribution in [1.29, 1.82) is 0 Å². The number of hydrogen-bond donors (Lipinski definition) is 3. The molecule has 2 rings (SSSR count). The van der Waals surface area contributed by atoms with E-state index < -0.39 is 15.9 Å². The van der Waals surface area contributed by atoms with Crippen molar-refractivity contribution in [3.63, 3.8) is 0 Å². The van der Waals surface area contributed by atoms with Gasteiger partial charge in [-0.05, 0) is 43.0 Å². The Morgan fingerprint density at radius 3 is 2.65 bits per heavy atom. The third-order valence-electron chi connectivity index (χ3n) is 4.21. The highest BCUT2D eigenvalue weighted by Crippen LogP contribution is 2.18. The zero-order valence-corrected chi connectivity index (χ0v) is 15.8. The summed E-state index contributed by atoms with van der Waals surface area (Å²) in [6.45, 7) is 2.98. The molecule has 0 bridgehead atoms. The van der Waals surface area contributed by atoms with Crippen molar-refractivity contribution in [1.82, 2.24) is 10.6 Å². The Hall–Kier alpha value is -2.13. The molecule has 3 N–H and O–H groups in total. The fraction of sp³-hybridized carbons (Fsp3) is 0.529. The van der Waals surface area contributed by atoms with E-state index in [9.17, 15) is 18.0 Å². The van der Waals surface area contributed by atoms with Crippen LogP contribution in [0.25, 0.3) is 0 Å². The monoisotopic (exact) mass is 383 g/mol. The molecule has 1 fully saturated rings. The SMILES string of the molecule is COCCNC(=O)c1ccc(NC(=O)NCC2CCS(=O)(=O)C2)c(C)c1. The molecule has 1 atom stereocenters. The zero-order valence-electron chi connectivity index (χ0n) is 15.0. The first-order chi connectivity index (χ1) is 12.3. The minimum atomic E-state index is -2.95. The van der Waals surface area contributed by atoms with Crippen LogP contribution in [0.3, 0.4) is 0 Å². The van der Waals surface area contributed by atoms with Gasteiger partial charge in [0.25, 0.3) is 5.91 Å². The van der Waals surface area contributed by atoms with Crippen molar-refractivity contribution in [2.45, 2.75) is 13.3 Å². The van der Waals surface area contributed by atoms with Crippen LogP contribution >= 0.6 is 0 Å². The highest BCUT2D eigenvalue weighted by molar-refractivity contribution is 7.91. The predicted molar refractivity (Wildman–Crippen MR) is 99.2 cm³/mol. The second-order valence-corrected chi connectivity index (χ2v) is 8.61. The number of carbonyl (C=O) groups is 2. The summed E-state index contributed by atoms with van der Waals surface area (Å²) in [6.07, 6.45) is 0.578. The fourth-order valence-electron chi connectivity index (χ4n) is 2.75. The van der Waals surface area contributed by atoms with E-state index in [0.29, 0.717) is 37.4 Å². The van der Waals surface area contributed by atoms with E-state index in [0.717, 1.165) is 5.56 Å². The third kappa shape index (κ3) is 5.99. The normalized spacial score (nSPS) is 18.3. The third-order valence-corrected chi connectivity index (χ3v) is 6.04. The van der Waals surface area contributed by atoms with Gasteiger partial charge in [0.2, 0.25) is 0 Å². The minimum Gasteiger partial charge on any atom is -0.383 e. The molecule has 0 aromatic heterocycles. The Balaban J connectivity index is 1.85. The van der Waals surface area contributed by atoms with Crippen LogP contribution in [0.2, 0.25) is 0 Å². The van der Waals surface area contributed by atoms with Crippen LogP contribution in [0, 0.1) is 12.8 Å². The Labute approximate surface area is 153 Å². The second kappa shape index (κ2) is 9.00. The molecule has 1 aliphatic rings. The molecule has 0 aliphatic carbocycles. The van der Waals surface area contributed by atoms with E-state index in [1.807, 2.05) is 0 Å². The highest BCUT2D eigenvalue weighted by Gasteiger charge is 2.27. The fourth-order valence-corrected chi connectivity index (χ4v) is 4.61. The number of aryl methyl sites for hydroxylation is 1. The number of carbonyl (C=O) groups excluding carboxylic acids is 2. The van der Waals surface area contributed by atoms with Gasteiger partial charge in [-0.25, -0.2) is 13.2 Å². The summed E-state index contributed by atoms with van der Waals surface area (Å²) in [5, 5.41) is 8.16. The van der Waals surface area contributed by atoms with Crippen LogP contribution in [-0.2, 0) is 14.6 Å². The molecule has 0 saturated carbocycles. The Morgan fingerprint density at radius 2 is 2.04 bits per heavy atom. The average molecular weight is 383 g/mol. The first-order valence-electron chi connectivity index (χ1n) is 8.44. The van der Waals surface area contributed by atoms with Crippen molar-refractivity contribution >= 4 is 27.5 Å². The van der Waals surface area contributed by atoms with Crippen molar-refractivity contribution in [3.05, 3.63) is 29.3 Å². The maximum absolute atomic E-state index is 12.0. The molecule has 1 aliphatic heterocycles. The summed E-state index contributed by atoms with van der Waals surface area (Å²) in [5.41, 5.74) is 1.85. The van der Waals surface area contributed by atoms with Crippen LogP contribution < -0.4 is 16.0 Å². The number of urea groups is 1. The maximum atomic E-state index is 12.0. The number of anilines is 1. The van der Waals surface area contributed by atoms with Crippen LogP contribution in [0.1, 0.15) is 22.3 Å². The standard InChI is InChI=1S/C17H25N3O5S/c1-12-9-14(16(21)18-6-7-25-2)3-4-15(12)20-17(22)19-10-13-5-8-26(23,24)11-13/h3-4,9,13H,5-8,10-11H2,1-2H3,(H,18,21)(H2,19,20,22). The summed E-state index contributed by atoms with van der Waals surface area (Å²) in [5.74, 6) is 0.0706. The molecule has 1 unspecified atom stereocenters. The number of hydrogen-bond acceptors (Lipinski definition) is 5. The van der Waals surface area contributed by atoms with Gasteiger partial charge in [-0.15, -0.1) is 0 Å². The smallest absolute Gasteiger partial charge is 0.319 e. The van der Waals surface area contributed by atoms with Gasteiger partial charge >= 0.3 is 6.03 Å². The molecular formula is C17H25N3O5S. The lowest BCUT2D eigenvalue weighted by molar-refractivity contribution is 0.0937. The zero-order chi connectivity index (χ0) is 19.2. The van der Waals surface area contributed by atoms with Crippen molar-refractivity contribution < 1.29 is 22.7 Å². The number of nitrogens with one attached hydrogen (secondary N) is 3. The van der Waals surface area contributed by atoms with Gasteiger partial charge in [-0.1, -0.05) is 0 Å². The number of amides is 3. The number of methoxy groups -OCH3 is 1. The Bertz CT molecular complexity index is 764. The van der Waals surface area contributed by atoms with Gasteiger partial charge in [-0.3, -0.25) is 4.79 Å². The summed E-state index contributed by atoms with van der Waals surface area (Å²) in [7, 11) is -1.38. The van der Waals surface area contributed by atoms with E-state index in [-0.39, 0.29) is 23.3 Å². The molecule has 0 radical (unpaired) electrons. The first-order valence-corrected chi connectivity index (χ1v) is 10.3. The van der Waals surface area contributed by atoms with Crippen molar-refractivity contribution in [2.24, 2.45) is 5.92 Å². The van der Waals surface area contributed by atoms with Crippen LogP contribution in [0.4, 0.5) is 10.5 Å². The summed E-state index contributed by atoms with van der Waals surface area (Å²) < 4.78 is 27.7. The number of sulfone groups is 1. The molecule has 1 heterocycles. The van der Waals surface area contributed by atoms with Gasteiger partial charge in [-0.2, -0.15) is 0 Å². The molecule has 1 aromatic rings. The quantitative estimate of drug-likeness (QED) is 0.606. The summed E-state index contributed by atoms with van der Waals surface area (Å²) >= 11 is 0. The maximum Gasteiger partial charge on any atom is 0.319 e. The molecule has 144 valence electrons. The minimum absolute atomic E-state index is 0.0370. The lowest BCUT2D eigenvalue weighted by Gasteiger charge is -2.13. The molecule has 9 heteroatoms. The van der Waals surface area contributed by atoms with Crippen LogP contribution in [0.5, 0.6) is 0 Å². The number of ether oxygens (including phenoxy) is 1. The van der Waals surface area contributed by atoms with E-state index >= 15 is 0 Å². The molecule has 3 amide bonds. The largest absolute Gasteiger partial charge is 0.383 e. The van der Waals surface area contributed by atoms with Gasteiger partial charge in [0, 0.05) is 31.5 Å². The van der Waals surface area contributed by atoms with Crippen LogP contribution in [0.15, 0.2) is 18.2 Å². The van der Waals surface area contributed by atoms with E-state index in [4.69, 9.17) is 4.74 Å². The van der Waals surface area contributed by atoms with E-state index in [1.54, 1.807) is 32.2 Å². The predicted octanol–water partition coefficient (Wildman–Crippen LogP) is 0.927. The molecule has 8 nitrogen and oxygen atoms in total. The average Bonchev–Trinajstić information content (AvgIpc) is 2.94. The van der Waals surface area contributed by atoms with Gasteiger partial charge in [0.15, 0.2) is 9.84 Å².